The summed E-state index contributed by atoms with van der Waals surface area (Å²) >= 11 is 1.43. The highest BCUT2D eigenvalue weighted by atomic mass is 32.1. The van der Waals surface area contributed by atoms with Gasteiger partial charge in [-0.05, 0) is 72.2 Å². The normalized spacial score (nSPS) is 17.6. The molecule has 0 radical (unpaired) electrons. The van der Waals surface area contributed by atoms with Crippen LogP contribution in [-0.4, -0.2) is 28.3 Å². The van der Waals surface area contributed by atoms with Gasteiger partial charge in [-0.15, -0.1) is 11.3 Å². The number of aliphatic hydroxyl groups is 1. The average molecular weight is 508 g/mol. The number of hydrogen-bond donors (Lipinski definition) is 1. The maximum Gasteiger partial charge on any atom is 0.295 e. The van der Waals surface area contributed by atoms with Crippen molar-refractivity contribution in [3.63, 3.8) is 0 Å². The summed E-state index contributed by atoms with van der Waals surface area (Å²) in [6, 6.07) is 12.3. The number of nitrogens with zero attached hydrogens (tertiary/aromatic N) is 1. The molecule has 36 heavy (non-hydrogen) atoms. The van der Waals surface area contributed by atoms with Gasteiger partial charge in [0, 0.05) is 22.5 Å². The van der Waals surface area contributed by atoms with Crippen LogP contribution in [0.5, 0.6) is 5.75 Å². The number of carbonyl (C=O) groups is 2. The Kier molecular flexibility index (Phi) is 7.05. The van der Waals surface area contributed by atoms with Crippen LogP contribution >= 0.6 is 11.3 Å². The highest BCUT2D eigenvalue weighted by molar-refractivity contribution is 7.10. The molecule has 2 aromatic carbocycles. The van der Waals surface area contributed by atoms with E-state index in [9.17, 15) is 19.1 Å². The second-order valence-electron chi connectivity index (χ2n) is 9.92. The van der Waals surface area contributed by atoms with Crippen LogP contribution in [0.3, 0.4) is 0 Å². The molecule has 1 fully saturated rings. The predicted octanol–water partition coefficient (Wildman–Crippen LogP) is 6.51. The average Bonchev–Trinajstić information content (AvgIpc) is 3.35. The molecule has 0 bridgehead atoms. The van der Waals surface area contributed by atoms with Crippen molar-refractivity contribution in [2.75, 3.05) is 6.61 Å². The summed E-state index contributed by atoms with van der Waals surface area (Å²) in [6.07, 6.45) is 0. The van der Waals surface area contributed by atoms with Gasteiger partial charge in [0.05, 0.1) is 12.2 Å². The van der Waals surface area contributed by atoms with Crippen LogP contribution in [0.25, 0.3) is 5.76 Å². The molecule has 1 aromatic heterocycles. The van der Waals surface area contributed by atoms with Crippen LogP contribution in [0.2, 0.25) is 0 Å². The Hall–Kier alpha value is -3.45. The molecule has 1 atom stereocenters. The van der Waals surface area contributed by atoms with Gasteiger partial charge in [-0.1, -0.05) is 32.9 Å². The number of thiophene rings is 1. The minimum Gasteiger partial charge on any atom is -0.507 e. The quantitative estimate of drug-likeness (QED) is 0.235. The SMILES string of the molecule is CCOc1ccc(/C(O)=C2/C(=O)C(=O)N(Cc3ccc(F)cc3)C2c2sccc2C)cc1C(C)(C)C. The van der Waals surface area contributed by atoms with Gasteiger partial charge in [-0.25, -0.2) is 4.39 Å². The second-order valence-corrected chi connectivity index (χ2v) is 10.9. The molecular weight excluding hydrogens is 477 g/mol. The lowest BCUT2D eigenvalue weighted by Gasteiger charge is -2.26. The maximum atomic E-state index is 13.5. The summed E-state index contributed by atoms with van der Waals surface area (Å²) in [6.45, 7) is 10.6. The molecule has 2 heterocycles. The van der Waals surface area contributed by atoms with Crippen LogP contribution < -0.4 is 4.74 Å². The number of amides is 1. The Labute approximate surface area is 214 Å². The summed E-state index contributed by atoms with van der Waals surface area (Å²) in [7, 11) is 0. The Morgan fingerprint density at radius 1 is 1.11 bits per heavy atom. The molecule has 1 unspecified atom stereocenters. The third-order valence-corrected chi connectivity index (χ3v) is 7.39. The smallest absolute Gasteiger partial charge is 0.295 e. The molecule has 1 aliphatic heterocycles. The van der Waals surface area contributed by atoms with Crippen molar-refractivity contribution in [3.05, 3.63) is 92.4 Å². The summed E-state index contributed by atoms with van der Waals surface area (Å²) in [5.74, 6) is -1.32. The largest absolute Gasteiger partial charge is 0.507 e. The summed E-state index contributed by atoms with van der Waals surface area (Å²) < 4.78 is 19.3. The van der Waals surface area contributed by atoms with E-state index in [2.05, 4.69) is 0 Å². The van der Waals surface area contributed by atoms with Crippen molar-refractivity contribution >= 4 is 28.8 Å². The van der Waals surface area contributed by atoms with Crippen LogP contribution in [0.4, 0.5) is 4.39 Å². The van der Waals surface area contributed by atoms with E-state index in [0.717, 1.165) is 16.0 Å². The minimum absolute atomic E-state index is 0.0525. The third-order valence-electron chi connectivity index (χ3n) is 6.32. The van der Waals surface area contributed by atoms with E-state index in [1.54, 1.807) is 24.3 Å². The topological polar surface area (TPSA) is 66.8 Å². The first-order valence-corrected chi connectivity index (χ1v) is 12.8. The van der Waals surface area contributed by atoms with Crippen molar-refractivity contribution in [2.24, 2.45) is 0 Å². The first kappa shape index (κ1) is 25.6. The third kappa shape index (κ3) is 4.80. The number of carbonyl (C=O) groups excluding carboxylic acids is 2. The van der Waals surface area contributed by atoms with Crippen molar-refractivity contribution in [1.82, 2.24) is 4.90 Å². The number of likely N-dealkylation sites (tertiary alicyclic amines) is 1. The molecule has 1 amide bonds. The van der Waals surface area contributed by atoms with E-state index in [-0.39, 0.29) is 29.1 Å². The monoisotopic (exact) mass is 507 g/mol. The first-order chi connectivity index (χ1) is 17.0. The van der Waals surface area contributed by atoms with Gasteiger partial charge in [-0.2, -0.15) is 0 Å². The Morgan fingerprint density at radius 2 is 1.81 bits per heavy atom. The van der Waals surface area contributed by atoms with E-state index in [1.807, 2.05) is 52.1 Å². The molecule has 1 N–H and O–H groups in total. The number of ketones is 1. The number of rotatable bonds is 6. The van der Waals surface area contributed by atoms with E-state index in [0.29, 0.717) is 23.5 Å². The van der Waals surface area contributed by atoms with Crippen molar-refractivity contribution in [1.29, 1.82) is 0 Å². The number of ether oxygens (including phenoxy) is 1. The van der Waals surface area contributed by atoms with Crippen LogP contribution in [0.1, 0.15) is 60.9 Å². The molecule has 3 aromatic rings. The Balaban J connectivity index is 1.87. The van der Waals surface area contributed by atoms with Crippen molar-refractivity contribution in [3.8, 4) is 5.75 Å². The lowest BCUT2D eigenvalue weighted by Crippen LogP contribution is -2.29. The molecular formula is C29H30FNO4S. The fraction of sp³-hybridized carbons (Fsp3) is 0.310. The van der Waals surface area contributed by atoms with Gasteiger partial charge in [0.15, 0.2) is 0 Å². The predicted molar refractivity (Wildman–Crippen MR) is 140 cm³/mol. The highest BCUT2D eigenvalue weighted by Crippen LogP contribution is 2.44. The fourth-order valence-corrected chi connectivity index (χ4v) is 5.51. The van der Waals surface area contributed by atoms with Gasteiger partial charge in [0.1, 0.15) is 23.4 Å². The van der Waals surface area contributed by atoms with Crippen LogP contribution in [0, 0.1) is 12.7 Å². The van der Waals surface area contributed by atoms with E-state index in [4.69, 9.17) is 4.74 Å². The zero-order valence-electron chi connectivity index (χ0n) is 21.1. The van der Waals surface area contributed by atoms with E-state index < -0.39 is 17.7 Å². The standard InChI is InChI=1S/C29H30FNO4S/c1-6-35-22-12-9-19(15-21(22)29(3,4)5)25(32)23-24(27-17(2)13-14-36-27)31(28(34)26(23)33)16-18-7-10-20(30)11-8-18/h7-15,24,32H,6,16H2,1-5H3/b25-23-. The van der Waals surface area contributed by atoms with Crippen molar-refractivity contribution < 1.29 is 23.8 Å². The summed E-state index contributed by atoms with van der Waals surface area (Å²) in [4.78, 5) is 28.9. The highest BCUT2D eigenvalue weighted by Gasteiger charge is 2.47. The minimum atomic E-state index is -0.750. The molecule has 0 spiro atoms. The zero-order valence-corrected chi connectivity index (χ0v) is 21.9. The fourth-order valence-electron chi connectivity index (χ4n) is 4.47. The number of benzene rings is 2. The van der Waals surface area contributed by atoms with Gasteiger partial charge >= 0.3 is 0 Å². The Bertz CT molecular complexity index is 1330. The molecule has 188 valence electrons. The lowest BCUT2D eigenvalue weighted by molar-refractivity contribution is -0.140. The second kappa shape index (κ2) is 9.90. The number of aliphatic hydroxyl groups excluding tert-OH is 1. The Morgan fingerprint density at radius 3 is 2.39 bits per heavy atom. The number of aryl methyl sites for hydroxylation is 1. The van der Waals surface area contributed by atoms with Crippen LogP contribution in [0.15, 0.2) is 59.5 Å². The molecule has 0 saturated carbocycles. The van der Waals surface area contributed by atoms with Gasteiger partial charge in [0.25, 0.3) is 11.7 Å². The zero-order chi connectivity index (χ0) is 26.2. The lowest BCUT2D eigenvalue weighted by atomic mass is 9.84. The molecule has 0 aliphatic carbocycles. The van der Waals surface area contributed by atoms with Crippen LogP contribution in [-0.2, 0) is 21.5 Å². The van der Waals surface area contributed by atoms with E-state index >= 15 is 0 Å². The molecule has 1 saturated heterocycles. The number of hydrogen-bond acceptors (Lipinski definition) is 5. The summed E-state index contributed by atoms with van der Waals surface area (Å²) in [5.41, 5.74) is 2.72. The number of halogens is 1. The van der Waals surface area contributed by atoms with Crippen molar-refractivity contribution in [2.45, 2.75) is 52.6 Å². The first-order valence-electron chi connectivity index (χ1n) is 11.9. The molecule has 4 rings (SSSR count). The molecule has 7 heteroatoms. The summed E-state index contributed by atoms with van der Waals surface area (Å²) in [5, 5.41) is 13.4. The molecule has 5 nitrogen and oxygen atoms in total. The number of Topliss-reactive ketones (excluding diaryl/α,β-unsaturated/α-hetero) is 1. The molecule has 1 aliphatic rings. The van der Waals surface area contributed by atoms with Gasteiger partial charge in [-0.3, -0.25) is 9.59 Å². The maximum absolute atomic E-state index is 13.5. The van der Waals surface area contributed by atoms with Gasteiger partial charge < -0.3 is 14.7 Å². The van der Waals surface area contributed by atoms with Gasteiger partial charge in [0.2, 0.25) is 0 Å². The van der Waals surface area contributed by atoms with E-state index in [1.165, 1.54) is 28.4 Å².